The van der Waals surface area contributed by atoms with Crippen molar-refractivity contribution in [1.29, 1.82) is 0 Å². The summed E-state index contributed by atoms with van der Waals surface area (Å²) in [5, 5.41) is 0. The summed E-state index contributed by atoms with van der Waals surface area (Å²) in [6, 6.07) is 6.17. The highest BCUT2D eigenvalue weighted by molar-refractivity contribution is 5.50. The molecule has 0 amide bonds. The van der Waals surface area contributed by atoms with Crippen LogP contribution >= 0.6 is 0 Å². The van der Waals surface area contributed by atoms with Gasteiger partial charge in [0.2, 0.25) is 0 Å². The summed E-state index contributed by atoms with van der Waals surface area (Å²) >= 11 is 0. The molecule has 19 heavy (non-hydrogen) atoms. The largest absolute Gasteiger partial charge is 0.399 e. The van der Waals surface area contributed by atoms with Crippen molar-refractivity contribution in [2.75, 3.05) is 5.73 Å². The van der Waals surface area contributed by atoms with E-state index in [1.54, 1.807) is 0 Å². The molecule has 1 heterocycles. The molecule has 2 N–H and O–H groups in total. The molecule has 0 spiro atoms. The van der Waals surface area contributed by atoms with Crippen LogP contribution in [0.25, 0.3) is 0 Å². The summed E-state index contributed by atoms with van der Waals surface area (Å²) in [6.07, 6.45) is 4.87. The van der Waals surface area contributed by atoms with E-state index in [0.717, 1.165) is 30.9 Å². The van der Waals surface area contributed by atoms with Gasteiger partial charge in [0.15, 0.2) is 0 Å². The van der Waals surface area contributed by atoms with Gasteiger partial charge < -0.3 is 10.3 Å². The quantitative estimate of drug-likeness (QED) is 0.838. The predicted octanol–water partition coefficient (Wildman–Crippen LogP) is 3.01. The zero-order chi connectivity index (χ0) is 13.4. The van der Waals surface area contributed by atoms with E-state index in [-0.39, 0.29) is 0 Å². The monoisotopic (exact) mass is 255 g/mol. The average Bonchev–Trinajstić information content (AvgIpc) is 2.72. The van der Waals surface area contributed by atoms with Crippen molar-refractivity contribution in [3.63, 3.8) is 0 Å². The predicted molar refractivity (Wildman–Crippen MR) is 78.3 cm³/mol. The normalized spacial score (nSPS) is 14.4. The van der Waals surface area contributed by atoms with E-state index in [1.165, 1.54) is 35.4 Å². The third-order valence-corrected chi connectivity index (χ3v) is 4.24. The van der Waals surface area contributed by atoms with Crippen molar-refractivity contribution in [3.8, 4) is 0 Å². The Balaban J connectivity index is 1.99. The second kappa shape index (κ2) is 4.72. The van der Waals surface area contributed by atoms with E-state index < -0.39 is 0 Å². The SMILES string of the molecule is Cc1c(N)cccc1Cn1c(C)nc2c1CCCC2. The van der Waals surface area contributed by atoms with Gasteiger partial charge in [-0.1, -0.05) is 12.1 Å². The number of aryl methyl sites for hydroxylation is 2. The van der Waals surface area contributed by atoms with Gasteiger partial charge in [-0.2, -0.15) is 0 Å². The van der Waals surface area contributed by atoms with Crippen LogP contribution in [0.1, 0.15) is 41.2 Å². The van der Waals surface area contributed by atoms with Gasteiger partial charge in [-0.15, -0.1) is 0 Å². The molecule has 0 saturated heterocycles. The fourth-order valence-corrected chi connectivity index (χ4v) is 2.99. The first-order chi connectivity index (χ1) is 9.16. The van der Waals surface area contributed by atoms with Crippen molar-refractivity contribution >= 4 is 5.69 Å². The second-order valence-electron chi connectivity index (χ2n) is 5.48. The molecule has 100 valence electrons. The van der Waals surface area contributed by atoms with Crippen LogP contribution in [-0.2, 0) is 19.4 Å². The van der Waals surface area contributed by atoms with Crippen LogP contribution in [0.5, 0.6) is 0 Å². The molecule has 0 fully saturated rings. The van der Waals surface area contributed by atoms with Crippen LogP contribution in [0, 0.1) is 13.8 Å². The van der Waals surface area contributed by atoms with Gasteiger partial charge >= 0.3 is 0 Å². The van der Waals surface area contributed by atoms with Gasteiger partial charge in [-0.05, 0) is 56.7 Å². The number of nitrogens with zero attached hydrogens (tertiary/aromatic N) is 2. The first kappa shape index (κ1) is 12.3. The summed E-state index contributed by atoms with van der Waals surface area (Å²) < 4.78 is 2.37. The first-order valence-electron chi connectivity index (χ1n) is 7.05. The molecule has 0 bridgehead atoms. The fourth-order valence-electron chi connectivity index (χ4n) is 2.99. The Morgan fingerprint density at radius 3 is 2.84 bits per heavy atom. The number of imidazole rings is 1. The maximum atomic E-state index is 6.00. The topological polar surface area (TPSA) is 43.8 Å². The molecular weight excluding hydrogens is 234 g/mol. The Kier molecular flexibility index (Phi) is 3.05. The molecule has 3 heteroatoms. The van der Waals surface area contributed by atoms with Gasteiger partial charge in [0.1, 0.15) is 5.82 Å². The molecular formula is C16H21N3. The van der Waals surface area contributed by atoms with Crippen molar-refractivity contribution in [2.24, 2.45) is 0 Å². The molecule has 1 aliphatic carbocycles. The lowest BCUT2D eigenvalue weighted by Gasteiger charge is -2.16. The summed E-state index contributed by atoms with van der Waals surface area (Å²) in [6.45, 7) is 5.11. The third-order valence-electron chi connectivity index (χ3n) is 4.24. The van der Waals surface area contributed by atoms with E-state index in [0.29, 0.717) is 0 Å². The molecule has 1 aliphatic rings. The lowest BCUT2D eigenvalue weighted by atomic mass is 10.0. The summed E-state index contributed by atoms with van der Waals surface area (Å²) in [5.41, 5.74) is 12.1. The Labute approximate surface area is 114 Å². The van der Waals surface area contributed by atoms with Crippen molar-refractivity contribution in [1.82, 2.24) is 9.55 Å². The number of nitrogens with two attached hydrogens (primary N) is 1. The van der Waals surface area contributed by atoms with E-state index in [1.807, 2.05) is 12.1 Å². The first-order valence-corrected chi connectivity index (χ1v) is 7.05. The van der Waals surface area contributed by atoms with Crippen LogP contribution in [-0.4, -0.2) is 9.55 Å². The molecule has 2 aromatic rings. The van der Waals surface area contributed by atoms with E-state index in [9.17, 15) is 0 Å². The zero-order valence-corrected chi connectivity index (χ0v) is 11.7. The lowest BCUT2D eigenvalue weighted by Crippen LogP contribution is -2.11. The smallest absolute Gasteiger partial charge is 0.106 e. The minimum Gasteiger partial charge on any atom is -0.399 e. The highest BCUT2D eigenvalue weighted by atomic mass is 15.1. The number of benzene rings is 1. The fraction of sp³-hybridized carbons (Fsp3) is 0.438. The zero-order valence-electron chi connectivity index (χ0n) is 11.7. The van der Waals surface area contributed by atoms with Crippen molar-refractivity contribution < 1.29 is 0 Å². The summed E-state index contributed by atoms with van der Waals surface area (Å²) in [4.78, 5) is 4.73. The van der Waals surface area contributed by atoms with Crippen molar-refractivity contribution in [3.05, 3.63) is 46.5 Å². The molecule has 0 saturated carbocycles. The van der Waals surface area contributed by atoms with Crippen LogP contribution in [0.4, 0.5) is 5.69 Å². The Bertz CT molecular complexity index is 611. The average molecular weight is 255 g/mol. The summed E-state index contributed by atoms with van der Waals surface area (Å²) in [7, 11) is 0. The van der Waals surface area contributed by atoms with E-state index in [2.05, 4.69) is 24.5 Å². The minimum atomic E-state index is 0.879. The molecule has 3 rings (SSSR count). The standard InChI is InChI=1S/C16H21N3/c1-11-13(6-5-7-14(11)17)10-19-12(2)18-15-8-3-4-9-16(15)19/h5-7H,3-4,8-10,17H2,1-2H3. The Morgan fingerprint density at radius 1 is 1.21 bits per heavy atom. The molecule has 0 atom stereocenters. The van der Waals surface area contributed by atoms with Gasteiger partial charge in [-0.3, -0.25) is 0 Å². The molecule has 1 aromatic carbocycles. The number of nitrogen functional groups attached to an aromatic ring is 1. The van der Waals surface area contributed by atoms with E-state index in [4.69, 9.17) is 10.7 Å². The number of aromatic nitrogens is 2. The third kappa shape index (κ3) is 2.14. The highest BCUT2D eigenvalue weighted by Gasteiger charge is 2.18. The van der Waals surface area contributed by atoms with Gasteiger partial charge in [0.25, 0.3) is 0 Å². The maximum Gasteiger partial charge on any atom is 0.106 e. The van der Waals surface area contributed by atoms with E-state index >= 15 is 0 Å². The Hall–Kier alpha value is -1.77. The highest BCUT2D eigenvalue weighted by Crippen LogP contribution is 2.24. The van der Waals surface area contributed by atoms with Gasteiger partial charge in [-0.25, -0.2) is 4.98 Å². The number of fused-ring (bicyclic) bond motifs is 1. The molecule has 1 aromatic heterocycles. The van der Waals surface area contributed by atoms with Crippen LogP contribution in [0.15, 0.2) is 18.2 Å². The molecule has 0 aliphatic heterocycles. The van der Waals surface area contributed by atoms with Gasteiger partial charge in [0.05, 0.1) is 5.69 Å². The number of hydrogen-bond donors (Lipinski definition) is 1. The second-order valence-corrected chi connectivity index (χ2v) is 5.48. The number of rotatable bonds is 2. The number of hydrogen-bond acceptors (Lipinski definition) is 2. The Morgan fingerprint density at radius 2 is 2.00 bits per heavy atom. The lowest BCUT2D eigenvalue weighted by molar-refractivity contribution is 0.624. The van der Waals surface area contributed by atoms with Crippen LogP contribution < -0.4 is 5.73 Å². The van der Waals surface area contributed by atoms with Crippen LogP contribution in [0.3, 0.4) is 0 Å². The summed E-state index contributed by atoms with van der Waals surface area (Å²) in [5.74, 6) is 1.13. The van der Waals surface area contributed by atoms with Crippen molar-refractivity contribution in [2.45, 2.75) is 46.1 Å². The van der Waals surface area contributed by atoms with Crippen LogP contribution in [0.2, 0.25) is 0 Å². The maximum absolute atomic E-state index is 6.00. The molecule has 3 nitrogen and oxygen atoms in total. The molecule has 0 radical (unpaired) electrons. The molecule has 0 unspecified atom stereocenters. The number of anilines is 1. The van der Waals surface area contributed by atoms with Gasteiger partial charge in [0, 0.05) is 17.9 Å². The minimum absolute atomic E-state index is 0.879.